The van der Waals surface area contributed by atoms with Crippen molar-refractivity contribution in [1.29, 1.82) is 0 Å². The molecule has 0 amide bonds. The quantitative estimate of drug-likeness (QED) is 0.633. The molecule has 5 rings (SSSR count). The van der Waals surface area contributed by atoms with Crippen molar-refractivity contribution in [1.82, 2.24) is 29.7 Å². The summed E-state index contributed by atoms with van der Waals surface area (Å²) in [6.45, 7) is 3.97. The van der Waals surface area contributed by atoms with Crippen LogP contribution in [0.2, 0.25) is 0 Å². The van der Waals surface area contributed by atoms with Crippen molar-refractivity contribution in [2.75, 3.05) is 29.4 Å². The number of hydrogen-bond acceptors (Lipinski definition) is 7. The number of rotatable bonds is 2. The maximum atomic E-state index is 13.1. The topological polar surface area (TPSA) is 75.9 Å². The molecule has 0 aromatic carbocycles. The standard InChI is InChI=1S/C19H21F3N8/c1-11-26-17-13(8-25-28(17)2)18(27-11)30-6-4-12-3-5-29(9-14(12)30)16-7-15(19(20,21)22)23-10-24-16/h7-8,10,12,14H,3-6,9H2,1-2H3. The molecule has 30 heavy (non-hydrogen) atoms. The summed E-state index contributed by atoms with van der Waals surface area (Å²) in [5.41, 5.74) is -0.138. The van der Waals surface area contributed by atoms with Crippen LogP contribution in [0.15, 0.2) is 18.6 Å². The molecule has 2 aliphatic rings. The molecule has 0 bridgehead atoms. The molecular formula is C19H21F3N8. The molecule has 2 aliphatic heterocycles. The molecule has 0 spiro atoms. The van der Waals surface area contributed by atoms with Crippen molar-refractivity contribution in [3.63, 3.8) is 0 Å². The molecule has 158 valence electrons. The SMILES string of the molecule is Cc1nc(N2CCC3CCN(c4cc(C(F)(F)F)ncn4)CC32)c2cnn(C)c2n1. The zero-order valence-electron chi connectivity index (χ0n) is 16.6. The molecular weight excluding hydrogens is 397 g/mol. The Balaban J connectivity index is 1.47. The Labute approximate surface area is 170 Å². The molecule has 0 saturated carbocycles. The Kier molecular flexibility index (Phi) is 4.30. The number of aryl methyl sites for hydroxylation is 2. The van der Waals surface area contributed by atoms with Gasteiger partial charge in [0.25, 0.3) is 0 Å². The fourth-order valence-electron chi connectivity index (χ4n) is 4.62. The predicted molar refractivity (Wildman–Crippen MR) is 104 cm³/mol. The second-order valence-electron chi connectivity index (χ2n) is 7.90. The molecule has 3 aromatic heterocycles. The van der Waals surface area contributed by atoms with E-state index in [1.807, 2.05) is 18.9 Å². The van der Waals surface area contributed by atoms with Crippen LogP contribution in [-0.4, -0.2) is 55.4 Å². The van der Waals surface area contributed by atoms with Crippen LogP contribution in [-0.2, 0) is 13.2 Å². The van der Waals surface area contributed by atoms with Crippen LogP contribution in [0.25, 0.3) is 11.0 Å². The monoisotopic (exact) mass is 418 g/mol. The zero-order valence-corrected chi connectivity index (χ0v) is 16.6. The fraction of sp³-hybridized carbons (Fsp3) is 0.526. The summed E-state index contributed by atoms with van der Waals surface area (Å²) in [7, 11) is 1.85. The van der Waals surface area contributed by atoms with Crippen LogP contribution in [0.1, 0.15) is 24.4 Å². The molecule has 2 saturated heterocycles. The first-order chi connectivity index (χ1) is 14.3. The van der Waals surface area contributed by atoms with Crippen LogP contribution >= 0.6 is 0 Å². The van der Waals surface area contributed by atoms with Gasteiger partial charge in [-0.2, -0.15) is 18.3 Å². The van der Waals surface area contributed by atoms with E-state index in [1.54, 1.807) is 10.9 Å². The van der Waals surface area contributed by atoms with E-state index in [0.717, 1.165) is 48.6 Å². The summed E-state index contributed by atoms with van der Waals surface area (Å²) >= 11 is 0. The van der Waals surface area contributed by atoms with Crippen LogP contribution in [0.5, 0.6) is 0 Å². The van der Waals surface area contributed by atoms with Gasteiger partial charge in [0.15, 0.2) is 5.65 Å². The van der Waals surface area contributed by atoms with Crippen molar-refractivity contribution in [3.8, 4) is 0 Å². The molecule has 0 aliphatic carbocycles. The van der Waals surface area contributed by atoms with Gasteiger partial charge in [0.2, 0.25) is 0 Å². The first kappa shape index (κ1) is 19.0. The van der Waals surface area contributed by atoms with E-state index in [2.05, 4.69) is 25.0 Å². The van der Waals surface area contributed by atoms with E-state index in [9.17, 15) is 13.2 Å². The Morgan fingerprint density at radius 2 is 1.90 bits per heavy atom. The van der Waals surface area contributed by atoms with Crippen LogP contribution < -0.4 is 9.80 Å². The van der Waals surface area contributed by atoms with E-state index >= 15 is 0 Å². The van der Waals surface area contributed by atoms with Gasteiger partial charge in [-0.3, -0.25) is 4.68 Å². The number of nitrogens with zero attached hydrogens (tertiary/aromatic N) is 8. The maximum absolute atomic E-state index is 13.1. The smallest absolute Gasteiger partial charge is 0.354 e. The minimum Gasteiger partial charge on any atom is -0.354 e. The van der Waals surface area contributed by atoms with E-state index in [0.29, 0.717) is 30.6 Å². The third-order valence-corrected chi connectivity index (χ3v) is 6.09. The van der Waals surface area contributed by atoms with Gasteiger partial charge in [-0.1, -0.05) is 0 Å². The van der Waals surface area contributed by atoms with E-state index < -0.39 is 11.9 Å². The Morgan fingerprint density at radius 1 is 1.10 bits per heavy atom. The van der Waals surface area contributed by atoms with Gasteiger partial charge in [-0.25, -0.2) is 19.9 Å². The summed E-state index contributed by atoms with van der Waals surface area (Å²) in [4.78, 5) is 20.9. The molecule has 2 atom stereocenters. The fourth-order valence-corrected chi connectivity index (χ4v) is 4.62. The minimum absolute atomic E-state index is 0.140. The number of fused-ring (bicyclic) bond motifs is 2. The summed E-state index contributed by atoms with van der Waals surface area (Å²) < 4.78 is 41.0. The second-order valence-corrected chi connectivity index (χ2v) is 7.90. The highest BCUT2D eigenvalue weighted by Gasteiger charge is 2.41. The van der Waals surface area contributed by atoms with Crippen molar-refractivity contribution in [3.05, 3.63) is 30.1 Å². The minimum atomic E-state index is -4.49. The highest BCUT2D eigenvalue weighted by atomic mass is 19.4. The largest absolute Gasteiger partial charge is 0.433 e. The molecule has 2 fully saturated rings. The van der Waals surface area contributed by atoms with Crippen LogP contribution in [0.4, 0.5) is 24.8 Å². The van der Waals surface area contributed by atoms with Gasteiger partial charge in [-0.05, 0) is 25.7 Å². The summed E-state index contributed by atoms with van der Waals surface area (Å²) in [5, 5.41) is 5.21. The lowest BCUT2D eigenvalue weighted by atomic mass is 9.92. The van der Waals surface area contributed by atoms with Crippen molar-refractivity contribution in [2.45, 2.75) is 32.0 Å². The van der Waals surface area contributed by atoms with Gasteiger partial charge < -0.3 is 9.80 Å². The normalized spacial score (nSPS) is 22.0. The number of piperidine rings is 1. The van der Waals surface area contributed by atoms with Gasteiger partial charge in [0.05, 0.1) is 17.6 Å². The number of anilines is 2. The molecule has 2 unspecified atom stereocenters. The summed E-state index contributed by atoms with van der Waals surface area (Å²) in [5.74, 6) is 2.29. The van der Waals surface area contributed by atoms with Crippen molar-refractivity contribution >= 4 is 22.7 Å². The third-order valence-electron chi connectivity index (χ3n) is 6.09. The highest BCUT2D eigenvalue weighted by molar-refractivity contribution is 5.87. The van der Waals surface area contributed by atoms with E-state index in [-0.39, 0.29) is 6.04 Å². The Bertz CT molecular complexity index is 1100. The van der Waals surface area contributed by atoms with Crippen molar-refractivity contribution < 1.29 is 13.2 Å². The second kappa shape index (κ2) is 6.78. The first-order valence-corrected chi connectivity index (χ1v) is 9.88. The lowest BCUT2D eigenvalue weighted by Gasteiger charge is -2.39. The maximum Gasteiger partial charge on any atom is 0.433 e. The number of hydrogen-bond donors (Lipinski definition) is 0. The van der Waals surface area contributed by atoms with Gasteiger partial charge in [0.1, 0.15) is 29.5 Å². The van der Waals surface area contributed by atoms with Gasteiger partial charge in [-0.15, -0.1) is 0 Å². The zero-order chi connectivity index (χ0) is 21.0. The van der Waals surface area contributed by atoms with Crippen LogP contribution in [0, 0.1) is 12.8 Å². The lowest BCUT2D eigenvalue weighted by Crippen LogP contribution is -2.49. The first-order valence-electron chi connectivity index (χ1n) is 9.88. The summed E-state index contributed by atoms with van der Waals surface area (Å²) in [6, 6.07) is 1.18. The molecule has 8 nitrogen and oxygen atoms in total. The highest BCUT2D eigenvalue weighted by Crippen LogP contribution is 2.38. The van der Waals surface area contributed by atoms with Crippen LogP contribution in [0.3, 0.4) is 0 Å². The third kappa shape index (κ3) is 3.12. The molecule has 3 aromatic rings. The number of aromatic nitrogens is 6. The summed E-state index contributed by atoms with van der Waals surface area (Å²) in [6.07, 6.45) is 0.204. The molecule has 11 heteroatoms. The van der Waals surface area contributed by atoms with Gasteiger partial charge in [0, 0.05) is 32.7 Å². The van der Waals surface area contributed by atoms with Gasteiger partial charge >= 0.3 is 6.18 Å². The average Bonchev–Trinajstić information content (AvgIpc) is 3.30. The Hall–Kier alpha value is -2.98. The molecule has 0 N–H and O–H groups in total. The van der Waals surface area contributed by atoms with Crippen molar-refractivity contribution in [2.24, 2.45) is 13.0 Å². The molecule has 5 heterocycles. The average molecular weight is 418 g/mol. The molecule has 0 radical (unpaired) electrons. The lowest BCUT2D eigenvalue weighted by molar-refractivity contribution is -0.141. The van der Waals surface area contributed by atoms with E-state index in [4.69, 9.17) is 4.98 Å². The predicted octanol–water partition coefficient (Wildman–Crippen LogP) is 2.59. The van der Waals surface area contributed by atoms with E-state index in [1.165, 1.54) is 0 Å². The number of alkyl halides is 3. The Morgan fingerprint density at radius 3 is 2.70 bits per heavy atom. The number of halogens is 3.